The van der Waals surface area contributed by atoms with E-state index in [4.69, 9.17) is 0 Å². The molecule has 1 heteroatoms. The third-order valence-corrected chi connectivity index (χ3v) is 4.17. The predicted octanol–water partition coefficient (Wildman–Crippen LogP) is 6.53. The van der Waals surface area contributed by atoms with E-state index < -0.39 is 0 Å². The lowest BCUT2D eigenvalue weighted by molar-refractivity contribution is 0.130. The van der Waals surface area contributed by atoms with Gasteiger partial charge in [0.05, 0.1) is 6.61 Å². The molecular formula is C18H37O. The maximum absolute atomic E-state index is 11.2. The Hall–Kier alpha value is -0.0400. The first kappa shape index (κ1) is 19.0. The van der Waals surface area contributed by atoms with E-state index in [1.807, 2.05) is 0 Å². The Morgan fingerprint density at radius 3 is 1.32 bits per heavy atom. The maximum atomic E-state index is 11.2. The minimum absolute atomic E-state index is 0.157. The van der Waals surface area contributed by atoms with Crippen molar-refractivity contribution < 1.29 is 5.11 Å². The molecule has 0 aromatic rings. The van der Waals surface area contributed by atoms with Gasteiger partial charge >= 0.3 is 0 Å². The van der Waals surface area contributed by atoms with Crippen molar-refractivity contribution in [3.05, 3.63) is 0 Å². The highest BCUT2D eigenvalue weighted by molar-refractivity contribution is 4.59. The standard InChI is InChI=1S/C18H37O/c1-3-5-7-9-11-13-15-18(17-19)16-14-12-10-8-6-4-2/h18H,3-17H2,1-2H3. The van der Waals surface area contributed by atoms with Gasteiger partial charge in [-0.15, -0.1) is 0 Å². The molecule has 0 aliphatic heterocycles. The Bertz CT molecular complexity index is 140. The van der Waals surface area contributed by atoms with Crippen LogP contribution in [0.1, 0.15) is 104 Å². The van der Waals surface area contributed by atoms with E-state index in [-0.39, 0.29) is 6.61 Å². The molecule has 0 saturated carbocycles. The quantitative estimate of drug-likeness (QED) is 0.301. The lowest BCUT2D eigenvalue weighted by atomic mass is 9.95. The van der Waals surface area contributed by atoms with E-state index in [9.17, 15) is 5.11 Å². The Morgan fingerprint density at radius 1 is 0.579 bits per heavy atom. The van der Waals surface area contributed by atoms with E-state index in [1.54, 1.807) is 0 Å². The summed E-state index contributed by atoms with van der Waals surface area (Å²) in [6.45, 7) is 4.67. The molecule has 1 radical (unpaired) electrons. The number of hydrogen-bond donors (Lipinski definition) is 0. The lowest BCUT2D eigenvalue weighted by Crippen LogP contribution is -2.05. The molecule has 0 saturated heterocycles. The molecule has 0 aliphatic carbocycles. The van der Waals surface area contributed by atoms with Gasteiger partial charge in [-0.05, 0) is 18.8 Å². The monoisotopic (exact) mass is 269 g/mol. The average molecular weight is 269 g/mol. The molecule has 0 fully saturated rings. The van der Waals surface area contributed by atoms with Crippen LogP contribution in [-0.2, 0) is 5.11 Å². The van der Waals surface area contributed by atoms with Gasteiger partial charge in [0.25, 0.3) is 0 Å². The number of rotatable bonds is 15. The molecule has 0 bridgehead atoms. The van der Waals surface area contributed by atoms with Crippen molar-refractivity contribution in [1.29, 1.82) is 0 Å². The molecule has 19 heavy (non-hydrogen) atoms. The fraction of sp³-hybridized carbons (Fsp3) is 1.00. The summed E-state index contributed by atoms with van der Waals surface area (Å²) in [5.41, 5.74) is 0. The normalized spacial score (nSPS) is 11.4. The first-order valence-corrected chi connectivity index (χ1v) is 8.93. The van der Waals surface area contributed by atoms with Crippen LogP contribution in [0.15, 0.2) is 0 Å². The first-order valence-electron chi connectivity index (χ1n) is 8.93. The summed E-state index contributed by atoms with van der Waals surface area (Å²) in [7, 11) is 0. The van der Waals surface area contributed by atoms with Crippen molar-refractivity contribution >= 4 is 0 Å². The van der Waals surface area contributed by atoms with Crippen molar-refractivity contribution in [2.45, 2.75) is 104 Å². The molecule has 0 aromatic heterocycles. The van der Waals surface area contributed by atoms with Crippen LogP contribution in [0.3, 0.4) is 0 Å². The molecule has 0 atom stereocenters. The van der Waals surface area contributed by atoms with Crippen molar-refractivity contribution in [2.75, 3.05) is 6.61 Å². The molecule has 0 spiro atoms. The smallest absolute Gasteiger partial charge is 0.0850 e. The fourth-order valence-corrected chi connectivity index (χ4v) is 2.74. The summed E-state index contributed by atoms with van der Waals surface area (Å²) >= 11 is 0. The van der Waals surface area contributed by atoms with E-state index >= 15 is 0 Å². The fourth-order valence-electron chi connectivity index (χ4n) is 2.74. The van der Waals surface area contributed by atoms with Crippen molar-refractivity contribution in [3.8, 4) is 0 Å². The SMILES string of the molecule is CCCCCCCCC(C[O])CCCCCCCC. The molecular weight excluding hydrogens is 232 g/mol. The topological polar surface area (TPSA) is 19.9 Å². The molecule has 0 rings (SSSR count). The van der Waals surface area contributed by atoms with E-state index in [1.165, 1.54) is 89.9 Å². The van der Waals surface area contributed by atoms with Gasteiger partial charge < -0.3 is 0 Å². The largest absolute Gasteiger partial charge is 0.236 e. The van der Waals surface area contributed by atoms with Crippen molar-refractivity contribution in [2.24, 2.45) is 5.92 Å². The Labute approximate surface area is 122 Å². The molecule has 0 aromatic carbocycles. The highest BCUT2D eigenvalue weighted by atomic mass is 16.3. The van der Waals surface area contributed by atoms with Crippen LogP contribution < -0.4 is 0 Å². The zero-order chi connectivity index (χ0) is 14.2. The van der Waals surface area contributed by atoms with Gasteiger partial charge in [0.2, 0.25) is 0 Å². The van der Waals surface area contributed by atoms with Crippen LogP contribution in [0.25, 0.3) is 0 Å². The van der Waals surface area contributed by atoms with Crippen LogP contribution in [0.2, 0.25) is 0 Å². The third kappa shape index (κ3) is 14.2. The summed E-state index contributed by atoms with van der Waals surface area (Å²) in [5.74, 6) is 0.470. The molecule has 0 amide bonds. The van der Waals surface area contributed by atoms with Gasteiger partial charge in [0.1, 0.15) is 0 Å². The van der Waals surface area contributed by atoms with Gasteiger partial charge in [-0.3, -0.25) is 0 Å². The highest BCUT2D eigenvalue weighted by Gasteiger charge is 2.07. The molecule has 0 N–H and O–H groups in total. The minimum atomic E-state index is 0.157. The Morgan fingerprint density at radius 2 is 0.947 bits per heavy atom. The molecule has 0 aliphatic rings. The van der Waals surface area contributed by atoms with Crippen molar-refractivity contribution in [1.82, 2.24) is 0 Å². The summed E-state index contributed by atoms with van der Waals surface area (Å²) in [5, 5.41) is 11.2. The first-order chi connectivity index (χ1) is 9.35. The van der Waals surface area contributed by atoms with Gasteiger partial charge in [0.15, 0.2) is 0 Å². The Balaban J connectivity index is 3.30. The second kappa shape index (κ2) is 16.0. The van der Waals surface area contributed by atoms with E-state index in [2.05, 4.69) is 13.8 Å². The molecule has 1 nitrogen and oxygen atoms in total. The second-order valence-electron chi connectivity index (χ2n) is 6.15. The van der Waals surface area contributed by atoms with E-state index in [0.29, 0.717) is 5.92 Å². The lowest BCUT2D eigenvalue weighted by Gasteiger charge is -2.12. The van der Waals surface area contributed by atoms with Crippen LogP contribution >= 0.6 is 0 Å². The molecule has 0 unspecified atom stereocenters. The predicted molar refractivity (Wildman–Crippen MR) is 85.0 cm³/mol. The van der Waals surface area contributed by atoms with Gasteiger partial charge in [-0.1, -0.05) is 90.9 Å². The maximum Gasteiger partial charge on any atom is 0.0850 e. The summed E-state index contributed by atoms with van der Waals surface area (Å²) < 4.78 is 0. The average Bonchev–Trinajstić information content (AvgIpc) is 2.44. The van der Waals surface area contributed by atoms with Gasteiger partial charge in [0, 0.05) is 0 Å². The van der Waals surface area contributed by atoms with Crippen LogP contribution in [0, 0.1) is 5.92 Å². The van der Waals surface area contributed by atoms with Crippen LogP contribution in [0.4, 0.5) is 0 Å². The van der Waals surface area contributed by atoms with Crippen LogP contribution in [0.5, 0.6) is 0 Å². The van der Waals surface area contributed by atoms with Gasteiger partial charge in [-0.25, -0.2) is 5.11 Å². The second-order valence-corrected chi connectivity index (χ2v) is 6.15. The van der Waals surface area contributed by atoms with Crippen molar-refractivity contribution in [3.63, 3.8) is 0 Å². The zero-order valence-electron chi connectivity index (χ0n) is 13.6. The molecule has 115 valence electrons. The van der Waals surface area contributed by atoms with Gasteiger partial charge in [-0.2, -0.15) is 0 Å². The number of unbranched alkanes of at least 4 members (excludes halogenated alkanes) is 10. The summed E-state index contributed by atoms with van der Waals surface area (Å²) in [4.78, 5) is 0. The zero-order valence-corrected chi connectivity index (χ0v) is 13.6. The van der Waals surface area contributed by atoms with Crippen LogP contribution in [-0.4, -0.2) is 6.61 Å². The Kier molecular flexibility index (Phi) is 16.0. The third-order valence-electron chi connectivity index (χ3n) is 4.17. The summed E-state index contributed by atoms with van der Waals surface area (Å²) in [6.07, 6.45) is 18.5. The van der Waals surface area contributed by atoms with E-state index in [0.717, 1.165) is 0 Å². The number of hydrogen-bond acceptors (Lipinski definition) is 0. The molecule has 0 heterocycles. The highest BCUT2D eigenvalue weighted by Crippen LogP contribution is 2.18. The summed E-state index contributed by atoms with van der Waals surface area (Å²) in [6, 6.07) is 0. The minimum Gasteiger partial charge on any atom is -0.236 e.